The fourth-order valence-electron chi connectivity index (χ4n) is 3.19. The molecule has 9 nitrogen and oxygen atoms in total. The molecular formula is C21H20FN3O6. The number of nitrogens with one attached hydrogen (secondary N) is 2. The second kappa shape index (κ2) is 8.42. The minimum atomic E-state index is -1.44. The lowest BCUT2D eigenvalue weighted by atomic mass is 9.92. The molecule has 1 fully saturated rings. The van der Waals surface area contributed by atoms with E-state index in [1.165, 1.54) is 63.6 Å². The first-order valence-electron chi connectivity index (χ1n) is 9.16. The lowest BCUT2D eigenvalue weighted by Crippen LogP contribution is -2.42. The molecule has 1 unspecified atom stereocenters. The van der Waals surface area contributed by atoms with Crippen molar-refractivity contribution in [3.05, 3.63) is 59.4 Å². The predicted octanol–water partition coefficient (Wildman–Crippen LogP) is 2.03. The molecule has 0 radical (unpaired) electrons. The summed E-state index contributed by atoms with van der Waals surface area (Å²) in [6.07, 6.45) is 0. The minimum absolute atomic E-state index is 0.0450. The SMILES string of the molecule is COC(=O)c1cc(OC)ccc1NC(=O)CN1C(=O)NC(C)(c2ccc(F)cc2)C1=O. The Morgan fingerprint density at radius 3 is 2.42 bits per heavy atom. The van der Waals surface area contributed by atoms with Crippen LogP contribution in [0.5, 0.6) is 5.75 Å². The van der Waals surface area contributed by atoms with Crippen LogP contribution in [0.4, 0.5) is 14.9 Å². The van der Waals surface area contributed by atoms with Crippen molar-refractivity contribution in [2.75, 3.05) is 26.1 Å². The molecule has 2 N–H and O–H groups in total. The Morgan fingerprint density at radius 1 is 1.13 bits per heavy atom. The molecule has 10 heteroatoms. The summed E-state index contributed by atoms with van der Waals surface area (Å²) in [5.74, 6) is -2.18. The topological polar surface area (TPSA) is 114 Å². The van der Waals surface area contributed by atoms with Crippen LogP contribution in [0, 0.1) is 5.82 Å². The second-order valence-corrected chi connectivity index (χ2v) is 6.90. The fourth-order valence-corrected chi connectivity index (χ4v) is 3.19. The number of esters is 1. The van der Waals surface area contributed by atoms with Crippen LogP contribution < -0.4 is 15.4 Å². The number of hydrogen-bond donors (Lipinski definition) is 2. The van der Waals surface area contributed by atoms with Gasteiger partial charge in [0, 0.05) is 0 Å². The Morgan fingerprint density at radius 2 is 1.81 bits per heavy atom. The summed E-state index contributed by atoms with van der Waals surface area (Å²) in [5.41, 5.74) is -0.893. The summed E-state index contributed by atoms with van der Waals surface area (Å²) >= 11 is 0. The van der Waals surface area contributed by atoms with Gasteiger partial charge in [0.15, 0.2) is 0 Å². The minimum Gasteiger partial charge on any atom is -0.497 e. The summed E-state index contributed by atoms with van der Waals surface area (Å²) < 4.78 is 23.0. The number of ether oxygens (including phenoxy) is 2. The zero-order chi connectivity index (χ0) is 22.8. The van der Waals surface area contributed by atoms with Gasteiger partial charge in [-0.3, -0.25) is 14.5 Å². The van der Waals surface area contributed by atoms with E-state index in [2.05, 4.69) is 10.6 Å². The van der Waals surface area contributed by atoms with Crippen LogP contribution >= 0.6 is 0 Å². The van der Waals surface area contributed by atoms with Gasteiger partial charge < -0.3 is 20.1 Å². The van der Waals surface area contributed by atoms with E-state index in [9.17, 15) is 23.6 Å². The Bertz CT molecular complexity index is 1060. The third kappa shape index (κ3) is 4.18. The van der Waals surface area contributed by atoms with Gasteiger partial charge in [0.1, 0.15) is 23.7 Å². The van der Waals surface area contributed by atoms with Crippen molar-refractivity contribution in [1.82, 2.24) is 10.2 Å². The molecule has 1 atom stereocenters. The Hall–Kier alpha value is -3.95. The number of nitrogens with zero attached hydrogens (tertiary/aromatic N) is 1. The first-order chi connectivity index (χ1) is 14.7. The number of urea groups is 1. The van der Waals surface area contributed by atoms with Crippen molar-refractivity contribution in [2.24, 2.45) is 0 Å². The molecule has 4 amide bonds. The molecule has 31 heavy (non-hydrogen) atoms. The molecule has 1 heterocycles. The van der Waals surface area contributed by atoms with Gasteiger partial charge in [-0.2, -0.15) is 0 Å². The quantitative estimate of drug-likeness (QED) is 0.537. The molecule has 2 aromatic rings. The number of carbonyl (C=O) groups is 4. The summed E-state index contributed by atoms with van der Waals surface area (Å²) in [4.78, 5) is 50.6. The van der Waals surface area contributed by atoms with Crippen LogP contribution in [0.1, 0.15) is 22.8 Å². The summed E-state index contributed by atoms with van der Waals surface area (Å²) in [6, 6.07) is 8.71. The smallest absolute Gasteiger partial charge is 0.340 e. The highest BCUT2D eigenvalue weighted by atomic mass is 19.1. The van der Waals surface area contributed by atoms with E-state index < -0.39 is 41.7 Å². The molecule has 0 bridgehead atoms. The van der Waals surface area contributed by atoms with Gasteiger partial charge in [-0.1, -0.05) is 12.1 Å². The number of hydrogen-bond acceptors (Lipinski definition) is 6. The fraction of sp³-hybridized carbons (Fsp3) is 0.238. The molecule has 1 saturated heterocycles. The molecule has 1 aliphatic heterocycles. The predicted molar refractivity (Wildman–Crippen MR) is 107 cm³/mol. The zero-order valence-electron chi connectivity index (χ0n) is 17.0. The highest BCUT2D eigenvalue weighted by Crippen LogP contribution is 2.29. The number of imide groups is 1. The number of halogens is 1. The maximum atomic E-state index is 13.2. The lowest BCUT2D eigenvalue weighted by Gasteiger charge is -2.22. The zero-order valence-corrected chi connectivity index (χ0v) is 17.0. The van der Waals surface area contributed by atoms with E-state index in [1.807, 2.05) is 0 Å². The highest BCUT2D eigenvalue weighted by Gasteiger charge is 2.49. The summed E-state index contributed by atoms with van der Waals surface area (Å²) in [7, 11) is 2.61. The average Bonchev–Trinajstić information content (AvgIpc) is 2.97. The van der Waals surface area contributed by atoms with Gasteiger partial charge in [0.05, 0.1) is 25.5 Å². The van der Waals surface area contributed by atoms with Gasteiger partial charge in [-0.25, -0.2) is 14.0 Å². The van der Waals surface area contributed by atoms with Gasteiger partial charge in [0.25, 0.3) is 5.91 Å². The summed E-state index contributed by atoms with van der Waals surface area (Å²) in [6.45, 7) is 0.880. The monoisotopic (exact) mass is 429 g/mol. The largest absolute Gasteiger partial charge is 0.497 e. The Kier molecular flexibility index (Phi) is 5.91. The number of carbonyl (C=O) groups excluding carboxylic acids is 4. The van der Waals surface area contributed by atoms with E-state index in [1.54, 1.807) is 0 Å². The maximum absolute atomic E-state index is 13.2. The number of methoxy groups -OCH3 is 2. The Balaban J connectivity index is 1.78. The van der Waals surface area contributed by atoms with Crippen LogP contribution in [0.3, 0.4) is 0 Å². The molecule has 162 valence electrons. The molecule has 0 aliphatic carbocycles. The average molecular weight is 429 g/mol. The molecule has 1 aliphatic rings. The van der Waals surface area contributed by atoms with Crippen molar-refractivity contribution < 1.29 is 33.0 Å². The van der Waals surface area contributed by atoms with Gasteiger partial charge in [-0.15, -0.1) is 0 Å². The van der Waals surface area contributed by atoms with E-state index in [4.69, 9.17) is 9.47 Å². The third-order valence-corrected chi connectivity index (χ3v) is 4.90. The third-order valence-electron chi connectivity index (χ3n) is 4.90. The van der Waals surface area contributed by atoms with Crippen LogP contribution in [-0.4, -0.2) is 49.5 Å². The van der Waals surface area contributed by atoms with Crippen LogP contribution in [0.2, 0.25) is 0 Å². The number of benzene rings is 2. The van der Waals surface area contributed by atoms with Crippen molar-refractivity contribution in [3.8, 4) is 5.75 Å². The molecule has 0 spiro atoms. The van der Waals surface area contributed by atoms with Crippen molar-refractivity contribution in [2.45, 2.75) is 12.5 Å². The number of rotatable bonds is 6. The highest BCUT2D eigenvalue weighted by molar-refractivity contribution is 6.11. The first kappa shape index (κ1) is 21.8. The molecular weight excluding hydrogens is 409 g/mol. The van der Waals surface area contributed by atoms with E-state index in [-0.39, 0.29) is 11.3 Å². The number of anilines is 1. The molecule has 0 saturated carbocycles. The van der Waals surface area contributed by atoms with Gasteiger partial charge >= 0.3 is 12.0 Å². The molecule has 0 aromatic heterocycles. The molecule has 3 rings (SSSR count). The van der Waals surface area contributed by atoms with Crippen LogP contribution in [0.25, 0.3) is 0 Å². The van der Waals surface area contributed by atoms with Gasteiger partial charge in [0.2, 0.25) is 5.91 Å². The van der Waals surface area contributed by atoms with Crippen molar-refractivity contribution in [1.29, 1.82) is 0 Å². The maximum Gasteiger partial charge on any atom is 0.340 e. The van der Waals surface area contributed by atoms with Crippen molar-refractivity contribution in [3.63, 3.8) is 0 Å². The summed E-state index contributed by atoms with van der Waals surface area (Å²) in [5, 5.41) is 5.03. The standard InChI is InChI=1S/C21H20FN3O6/c1-21(12-4-6-13(22)7-5-12)19(28)25(20(29)24-21)11-17(26)23-16-9-8-14(30-2)10-15(16)18(27)31-3/h4-10H,11H2,1-3H3,(H,23,26)(H,24,29). The van der Waals surface area contributed by atoms with Crippen LogP contribution in [0.15, 0.2) is 42.5 Å². The Labute approximate surface area is 177 Å². The van der Waals surface area contributed by atoms with E-state index in [0.29, 0.717) is 11.3 Å². The first-order valence-corrected chi connectivity index (χ1v) is 9.16. The van der Waals surface area contributed by atoms with Gasteiger partial charge in [-0.05, 0) is 42.8 Å². The van der Waals surface area contributed by atoms with Crippen molar-refractivity contribution >= 4 is 29.5 Å². The normalized spacial score (nSPS) is 17.9. The lowest BCUT2D eigenvalue weighted by molar-refractivity contribution is -0.133. The number of amides is 4. The van der Waals surface area contributed by atoms with E-state index >= 15 is 0 Å². The molecule has 2 aromatic carbocycles. The van der Waals surface area contributed by atoms with E-state index in [0.717, 1.165) is 4.90 Å². The second-order valence-electron chi connectivity index (χ2n) is 6.90. The van der Waals surface area contributed by atoms with Crippen LogP contribution in [-0.2, 0) is 19.9 Å².